The van der Waals surface area contributed by atoms with Crippen LogP contribution in [0.25, 0.3) is 50.6 Å². The van der Waals surface area contributed by atoms with Crippen molar-refractivity contribution in [2.75, 3.05) is 0 Å². The van der Waals surface area contributed by atoms with Gasteiger partial charge < -0.3 is 0 Å². The molecule has 5 aromatic carbocycles. The van der Waals surface area contributed by atoms with Crippen molar-refractivity contribution in [1.82, 2.24) is 15.0 Å². The average Bonchev–Trinajstić information content (AvgIpc) is 3.61. The topological polar surface area (TPSA) is 38.7 Å². The van der Waals surface area contributed by atoms with E-state index in [0.717, 1.165) is 17.0 Å². The molecule has 0 fully saturated rings. The minimum atomic E-state index is -0.103. The number of nitrogens with zero attached hydrogens (tertiary/aromatic N) is 3. The number of thioether (sulfide) groups is 1. The van der Waals surface area contributed by atoms with Crippen LogP contribution in [0.4, 0.5) is 0 Å². The maximum absolute atomic E-state index is 5.27. The molecule has 2 unspecified atom stereocenters. The molecule has 2 aliphatic carbocycles. The summed E-state index contributed by atoms with van der Waals surface area (Å²) in [5.74, 6) is 2.23. The summed E-state index contributed by atoms with van der Waals surface area (Å²) >= 11 is 1.94. The lowest BCUT2D eigenvalue weighted by atomic mass is 9.82. The van der Waals surface area contributed by atoms with Gasteiger partial charge in [0.15, 0.2) is 11.6 Å². The minimum absolute atomic E-state index is 0.000332. The Morgan fingerprint density at radius 2 is 1.22 bits per heavy atom. The quantitative estimate of drug-likeness (QED) is 0.199. The Bertz CT molecular complexity index is 2220. The van der Waals surface area contributed by atoms with E-state index < -0.39 is 0 Å². The van der Waals surface area contributed by atoms with Crippen molar-refractivity contribution in [2.45, 2.75) is 35.3 Å². The fourth-order valence-corrected chi connectivity index (χ4v) is 8.93. The van der Waals surface area contributed by atoms with Crippen LogP contribution in [0.5, 0.6) is 0 Å². The second kappa shape index (κ2) is 10.5. The summed E-state index contributed by atoms with van der Waals surface area (Å²) in [4.78, 5) is 16.9. The highest BCUT2D eigenvalue weighted by Crippen LogP contribution is 2.55. The molecular formula is C42H31N3S. The second-order valence-electron chi connectivity index (χ2n) is 12.8. The highest BCUT2D eigenvalue weighted by Gasteiger charge is 2.39. The first-order valence-corrected chi connectivity index (χ1v) is 16.7. The number of allylic oxidation sites excluding steroid dienone is 3. The maximum Gasteiger partial charge on any atom is 0.163 e. The molecule has 0 radical (unpaired) electrons. The Balaban J connectivity index is 1.16. The predicted molar refractivity (Wildman–Crippen MR) is 190 cm³/mol. The molecule has 0 N–H and O–H groups in total. The van der Waals surface area contributed by atoms with Gasteiger partial charge in [-0.1, -0.05) is 147 Å². The summed E-state index contributed by atoms with van der Waals surface area (Å²) in [6.07, 6.45) is 6.73. The van der Waals surface area contributed by atoms with E-state index in [4.69, 9.17) is 15.0 Å². The minimum Gasteiger partial charge on any atom is -0.212 e. The number of hydrogen-bond acceptors (Lipinski definition) is 4. The van der Waals surface area contributed by atoms with Crippen molar-refractivity contribution in [1.29, 1.82) is 0 Å². The van der Waals surface area contributed by atoms with Gasteiger partial charge in [0.2, 0.25) is 0 Å². The van der Waals surface area contributed by atoms with Crippen LogP contribution in [0.3, 0.4) is 0 Å². The van der Waals surface area contributed by atoms with Crippen LogP contribution in [-0.2, 0) is 5.41 Å². The molecule has 2 atom stereocenters. The SMILES string of the molecule is CC1(C)c2ccccc2-c2ccc(-c3nc(-c4ccccc4)nc(C4C=CC=C5c6cccc(-c7ccccc7)c6SC54)n3)cc21. The normalized spacial score (nSPS) is 18.3. The van der Waals surface area contributed by atoms with Crippen LogP contribution in [-0.4, -0.2) is 20.2 Å². The van der Waals surface area contributed by atoms with Gasteiger partial charge in [-0.2, -0.15) is 0 Å². The zero-order chi connectivity index (χ0) is 30.8. The van der Waals surface area contributed by atoms with Gasteiger partial charge in [-0.05, 0) is 50.6 Å². The first kappa shape index (κ1) is 27.3. The number of aromatic nitrogens is 3. The van der Waals surface area contributed by atoms with E-state index in [2.05, 4.69) is 135 Å². The van der Waals surface area contributed by atoms with E-state index >= 15 is 0 Å². The summed E-state index contributed by atoms with van der Waals surface area (Å²) < 4.78 is 0. The second-order valence-corrected chi connectivity index (χ2v) is 13.9. The molecule has 4 heteroatoms. The standard InChI is InChI=1S/C42H31N3S/c1-42(2)35-22-10-9-17-30(35)31-24-23-28(25-36(31)42)40-43-39(27-15-7-4-8-16-27)44-41(45-40)34-21-12-20-33-32-19-11-18-29(37(32)46-38(33)34)26-13-5-3-6-14-26/h3-25,34,38H,1-2H3. The molecule has 46 heavy (non-hydrogen) atoms. The van der Waals surface area contributed by atoms with E-state index in [9.17, 15) is 0 Å². The van der Waals surface area contributed by atoms with E-state index in [1.54, 1.807) is 0 Å². The van der Waals surface area contributed by atoms with Crippen molar-refractivity contribution in [3.8, 4) is 45.0 Å². The highest BCUT2D eigenvalue weighted by atomic mass is 32.2. The fraction of sp³-hybridized carbons (Fsp3) is 0.119. The lowest BCUT2D eigenvalue weighted by molar-refractivity contribution is 0.660. The van der Waals surface area contributed by atoms with Crippen LogP contribution in [0.15, 0.2) is 144 Å². The Morgan fingerprint density at radius 1 is 0.565 bits per heavy atom. The van der Waals surface area contributed by atoms with Crippen molar-refractivity contribution < 1.29 is 0 Å². The third-order valence-corrected chi connectivity index (χ3v) is 11.2. The average molecular weight is 610 g/mol. The molecule has 3 aliphatic rings. The van der Waals surface area contributed by atoms with E-state index in [0.29, 0.717) is 11.6 Å². The zero-order valence-electron chi connectivity index (χ0n) is 25.7. The fourth-order valence-electron chi connectivity index (χ4n) is 7.36. The zero-order valence-corrected chi connectivity index (χ0v) is 26.5. The van der Waals surface area contributed by atoms with Gasteiger partial charge in [-0.15, -0.1) is 11.8 Å². The van der Waals surface area contributed by atoms with Gasteiger partial charge in [-0.25, -0.2) is 15.0 Å². The molecule has 0 amide bonds. The van der Waals surface area contributed by atoms with E-state index in [-0.39, 0.29) is 16.6 Å². The maximum atomic E-state index is 5.27. The Morgan fingerprint density at radius 3 is 2.02 bits per heavy atom. The molecule has 6 aromatic rings. The van der Waals surface area contributed by atoms with E-state index in [1.807, 2.05) is 30.0 Å². The molecule has 0 spiro atoms. The molecule has 9 rings (SSSR count). The molecule has 1 aliphatic heterocycles. The molecule has 1 aromatic heterocycles. The van der Waals surface area contributed by atoms with Crippen molar-refractivity contribution in [2.24, 2.45) is 0 Å². The molecule has 220 valence electrons. The third-order valence-electron chi connectivity index (χ3n) is 9.71. The molecule has 2 heterocycles. The Labute approximate surface area is 273 Å². The summed E-state index contributed by atoms with van der Waals surface area (Å²) in [5.41, 5.74) is 12.4. The van der Waals surface area contributed by atoms with Crippen LogP contribution >= 0.6 is 11.8 Å². The lowest BCUT2D eigenvalue weighted by Gasteiger charge is -2.24. The Hall–Kier alpha value is -5.06. The molecule has 3 nitrogen and oxygen atoms in total. The van der Waals surface area contributed by atoms with Gasteiger partial charge in [0.1, 0.15) is 5.82 Å². The number of benzene rings is 5. The smallest absolute Gasteiger partial charge is 0.163 e. The van der Waals surface area contributed by atoms with Crippen LogP contribution in [0.1, 0.15) is 42.3 Å². The van der Waals surface area contributed by atoms with Crippen molar-refractivity contribution in [3.05, 3.63) is 162 Å². The molecular weight excluding hydrogens is 579 g/mol. The summed E-state index contributed by atoms with van der Waals surface area (Å²) in [5, 5.41) is 0.178. The predicted octanol–water partition coefficient (Wildman–Crippen LogP) is 10.4. The highest BCUT2D eigenvalue weighted by molar-refractivity contribution is 8.01. The first-order chi connectivity index (χ1) is 22.6. The molecule has 0 saturated heterocycles. The first-order valence-electron chi connectivity index (χ1n) is 15.9. The third kappa shape index (κ3) is 4.24. The van der Waals surface area contributed by atoms with Crippen LogP contribution in [0.2, 0.25) is 0 Å². The number of hydrogen-bond donors (Lipinski definition) is 0. The summed E-state index contributed by atoms with van der Waals surface area (Å²) in [6.45, 7) is 4.63. The van der Waals surface area contributed by atoms with Gasteiger partial charge in [0, 0.05) is 26.7 Å². The van der Waals surface area contributed by atoms with Gasteiger partial charge in [0.25, 0.3) is 0 Å². The van der Waals surface area contributed by atoms with Gasteiger partial charge in [-0.3, -0.25) is 0 Å². The van der Waals surface area contributed by atoms with Gasteiger partial charge >= 0.3 is 0 Å². The van der Waals surface area contributed by atoms with Crippen LogP contribution < -0.4 is 0 Å². The molecule has 0 bridgehead atoms. The lowest BCUT2D eigenvalue weighted by Crippen LogP contribution is -2.18. The van der Waals surface area contributed by atoms with Gasteiger partial charge in [0.05, 0.1) is 5.92 Å². The Kier molecular flexibility index (Phi) is 6.22. The summed E-state index contributed by atoms with van der Waals surface area (Å²) in [7, 11) is 0. The van der Waals surface area contributed by atoms with Crippen molar-refractivity contribution in [3.63, 3.8) is 0 Å². The van der Waals surface area contributed by atoms with Crippen molar-refractivity contribution >= 4 is 17.3 Å². The number of fused-ring (bicyclic) bond motifs is 6. The van der Waals surface area contributed by atoms with Crippen LogP contribution in [0, 0.1) is 0 Å². The molecule has 0 saturated carbocycles. The monoisotopic (exact) mass is 609 g/mol. The largest absolute Gasteiger partial charge is 0.212 e. The summed E-state index contributed by atoms with van der Waals surface area (Å²) in [6, 6.07) is 43.2. The van der Waals surface area contributed by atoms with E-state index in [1.165, 1.54) is 49.4 Å². The number of rotatable bonds is 4.